The van der Waals surface area contributed by atoms with Gasteiger partial charge in [0.15, 0.2) is 0 Å². The lowest BCUT2D eigenvalue weighted by Gasteiger charge is -2.24. The zero-order valence-electron chi connectivity index (χ0n) is 9.20. The van der Waals surface area contributed by atoms with Gasteiger partial charge in [0.25, 0.3) is 0 Å². The summed E-state index contributed by atoms with van der Waals surface area (Å²) in [6.45, 7) is 1.82. The third-order valence-electron chi connectivity index (χ3n) is 2.96. The monoisotopic (exact) mass is 208 g/mol. The largest absolute Gasteiger partial charge is 0.371 e. The quantitative estimate of drug-likeness (QED) is 0.826. The number of rotatable bonds is 3. The highest BCUT2D eigenvalue weighted by Crippen LogP contribution is 2.34. The van der Waals surface area contributed by atoms with Crippen molar-refractivity contribution in [2.45, 2.75) is 31.8 Å². The minimum Gasteiger partial charge on any atom is -0.371 e. The van der Waals surface area contributed by atoms with Gasteiger partial charge in [-0.15, -0.1) is 0 Å². The maximum Gasteiger partial charge on any atom is 0.130 e. The maximum absolute atomic E-state index is 13.6. The Bertz CT molecular complexity index is 359. The van der Waals surface area contributed by atoms with E-state index in [1.165, 1.54) is 18.9 Å². The summed E-state index contributed by atoms with van der Waals surface area (Å²) in [6, 6.07) is 5.48. The second-order valence-electron chi connectivity index (χ2n) is 4.30. The predicted octanol–water partition coefficient (Wildman–Crippen LogP) is 2.44. The fourth-order valence-electron chi connectivity index (χ4n) is 1.94. The second kappa shape index (κ2) is 3.81. The van der Waals surface area contributed by atoms with Crippen molar-refractivity contribution in [3.05, 3.63) is 29.6 Å². The smallest absolute Gasteiger partial charge is 0.130 e. The van der Waals surface area contributed by atoms with Gasteiger partial charge in [-0.05, 0) is 31.9 Å². The van der Waals surface area contributed by atoms with Crippen LogP contribution in [0.5, 0.6) is 0 Å². The van der Waals surface area contributed by atoms with Crippen LogP contribution in [0.1, 0.15) is 31.4 Å². The molecule has 0 heterocycles. The van der Waals surface area contributed by atoms with Gasteiger partial charge < -0.3 is 10.6 Å². The number of halogens is 1. The SMILES string of the molecule is C[C@@H](N)c1c(F)cccc1N(C)C1CC1. The molecule has 15 heavy (non-hydrogen) atoms. The van der Waals surface area contributed by atoms with Crippen molar-refractivity contribution in [3.63, 3.8) is 0 Å². The van der Waals surface area contributed by atoms with Gasteiger partial charge in [0.2, 0.25) is 0 Å². The number of anilines is 1. The number of nitrogens with two attached hydrogens (primary N) is 1. The van der Waals surface area contributed by atoms with E-state index in [2.05, 4.69) is 4.90 Å². The molecule has 0 spiro atoms. The van der Waals surface area contributed by atoms with Crippen molar-refractivity contribution in [3.8, 4) is 0 Å². The normalized spacial score (nSPS) is 17.6. The molecule has 0 bridgehead atoms. The summed E-state index contributed by atoms with van der Waals surface area (Å²) in [6.07, 6.45) is 2.40. The first kappa shape index (κ1) is 10.4. The molecule has 2 rings (SSSR count). The lowest BCUT2D eigenvalue weighted by Crippen LogP contribution is -2.23. The number of hydrogen-bond donors (Lipinski definition) is 1. The van der Waals surface area contributed by atoms with Gasteiger partial charge in [-0.1, -0.05) is 6.07 Å². The Labute approximate surface area is 89.9 Å². The number of nitrogens with zero attached hydrogens (tertiary/aromatic N) is 1. The standard InChI is InChI=1S/C12H17FN2/c1-8(14)12-10(13)4-3-5-11(12)15(2)9-6-7-9/h3-5,8-9H,6-7,14H2,1-2H3/t8-/m1/s1. The highest BCUT2D eigenvalue weighted by molar-refractivity contribution is 5.56. The van der Waals surface area contributed by atoms with Crippen LogP contribution in [-0.2, 0) is 0 Å². The Hall–Kier alpha value is -1.09. The fraction of sp³-hybridized carbons (Fsp3) is 0.500. The van der Waals surface area contributed by atoms with E-state index in [9.17, 15) is 4.39 Å². The third-order valence-corrected chi connectivity index (χ3v) is 2.96. The third kappa shape index (κ3) is 1.97. The molecule has 1 aromatic carbocycles. The first-order valence-electron chi connectivity index (χ1n) is 5.38. The molecule has 0 aromatic heterocycles. The van der Waals surface area contributed by atoms with E-state index in [-0.39, 0.29) is 11.9 Å². The molecule has 2 nitrogen and oxygen atoms in total. The molecule has 3 heteroatoms. The van der Waals surface area contributed by atoms with Gasteiger partial charge >= 0.3 is 0 Å². The van der Waals surface area contributed by atoms with E-state index in [0.29, 0.717) is 11.6 Å². The Morgan fingerprint density at radius 2 is 2.13 bits per heavy atom. The van der Waals surface area contributed by atoms with Crippen LogP contribution in [0, 0.1) is 5.82 Å². The number of benzene rings is 1. The highest BCUT2D eigenvalue weighted by atomic mass is 19.1. The topological polar surface area (TPSA) is 29.3 Å². The molecular weight excluding hydrogens is 191 g/mol. The number of hydrogen-bond acceptors (Lipinski definition) is 2. The van der Waals surface area contributed by atoms with Crippen molar-refractivity contribution < 1.29 is 4.39 Å². The van der Waals surface area contributed by atoms with Crippen molar-refractivity contribution in [2.75, 3.05) is 11.9 Å². The molecule has 0 saturated heterocycles. The molecule has 1 aliphatic rings. The molecule has 2 N–H and O–H groups in total. The molecule has 82 valence electrons. The first-order chi connectivity index (χ1) is 7.11. The van der Waals surface area contributed by atoms with Gasteiger partial charge in [-0.25, -0.2) is 4.39 Å². The summed E-state index contributed by atoms with van der Waals surface area (Å²) in [5, 5.41) is 0. The average Bonchev–Trinajstić information content (AvgIpc) is 2.98. The molecular formula is C12H17FN2. The van der Waals surface area contributed by atoms with E-state index in [4.69, 9.17) is 5.73 Å². The summed E-state index contributed by atoms with van der Waals surface area (Å²) in [7, 11) is 2.01. The van der Waals surface area contributed by atoms with Crippen LogP contribution in [0.4, 0.5) is 10.1 Å². The van der Waals surface area contributed by atoms with Gasteiger partial charge in [-0.3, -0.25) is 0 Å². The van der Waals surface area contributed by atoms with Crippen LogP contribution in [-0.4, -0.2) is 13.1 Å². The lowest BCUT2D eigenvalue weighted by atomic mass is 10.1. The van der Waals surface area contributed by atoms with Crippen LogP contribution < -0.4 is 10.6 Å². The summed E-state index contributed by atoms with van der Waals surface area (Å²) in [5.41, 5.74) is 7.38. The molecule has 0 radical (unpaired) electrons. The van der Waals surface area contributed by atoms with E-state index in [0.717, 1.165) is 5.69 Å². The maximum atomic E-state index is 13.6. The van der Waals surface area contributed by atoms with Crippen LogP contribution in [0.25, 0.3) is 0 Å². The minimum absolute atomic E-state index is 0.199. The zero-order chi connectivity index (χ0) is 11.0. The Morgan fingerprint density at radius 1 is 1.47 bits per heavy atom. The summed E-state index contributed by atoms with van der Waals surface area (Å²) in [5.74, 6) is -0.199. The first-order valence-corrected chi connectivity index (χ1v) is 5.38. The minimum atomic E-state index is -0.262. The van der Waals surface area contributed by atoms with Crippen molar-refractivity contribution in [2.24, 2.45) is 5.73 Å². The van der Waals surface area contributed by atoms with Crippen LogP contribution in [0.3, 0.4) is 0 Å². The summed E-state index contributed by atoms with van der Waals surface area (Å²) < 4.78 is 13.6. The Kier molecular flexibility index (Phi) is 2.65. The van der Waals surface area contributed by atoms with Crippen LogP contribution >= 0.6 is 0 Å². The lowest BCUT2D eigenvalue weighted by molar-refractivity contribution is 0.592. The zero-order valence-corrected chi connectivity index (χ0v) is 9.20. The van der Waals surface area contributed by atoms with Crippen molar-refractivity contribution in [1.82, 2.24) is 0 Å². The van der Waals surface area contributed by atoms with Gasteiger partial charge in [0.05, 0.1) is 0 Å². The Balaban J connectivity index is 2.40. The van der Waals surface area contributed by atoms with Crippen molar-refractivity contribution in [1.29, 1.82) is 0 Å². The second-order valence-corrected chi connectivity index (χ2v) is 4.30. The molecule has 1 aromatic rings. The highest BCUT2D eigenvalue weighted by Gasteiger charge is 2.28. The van der Waals surface area contributed by atoms with E-state index < -0.39 is 0 Å². The molecule has 1 saturated carbocycles. The molecule has 0 aliphatic heterocycles. The van der Waals surface area contributed by atoms with Gasteiger partial charge in [0.1, 0.15) is 5.82 Å². The van der Waals surface area contributed by atoms with E-state index in [1.807, 2.05) is 20.0 Å². The van der Waals surface area contributed by atoms with Gasteiger partial charge in [0, 0.05) is 30.4 Å². The van der Waals surface area contributed by atoms with Crippen molar-refractivity contribution >= 4 is 5.69 Å². The van der Waals surface area contributed by atoms with Crippen LogP contribution in [0.2, 0.25) is 0 Å². The van der Waals surface area contributed by atoms with Gasteiger partial charge in [-0.2, -0.15) is 0 Å². The average molecular weight is 208 g/mol. The van der Waals surface area contributed by atoms with Crippen LogP contribution in [0.15, 0.2) is 18.2 Å². The van der Waals surface area contributed by atoms with E-state index >= 15 is 0 Å². The Morgan fingerprint density at radius 3 is 2.67 bits per heavy atom. The summed E-state index contributed by atoms with van der Waals surface area (Å²) >= 11 is 0. The fourth-order valence-corrected chi connectivity index (χ4v) is 1.94. The molecule has 0 unspecified atom stereocenters. The van der Waals surface area contributed by atoms with E-state index in [1.54, 1.807) is 6.07 Å². The molecule has 1 aliphatic carbocycles. The molecule has 1 atom stereocenters. The molecule has 0 amide bonds. The summed E-state index contributed by atoms with van der Waals surface area (Å²) in [4.78, 5) is 2.14. The molecule has 1 fully saturated rings. The predicted molar refractivity (Wildman–Crippen MR) is 60.4 cm³/mol.